The summed E-state index contributed by atoms with van der Waals surface area (Å²) in [5.41, 5.74) is 7.06. The number of amides is 2. The number of nitrogens with one attached hydrogen (secondary N) is 1. The summed E-state index contributed by atoms with van der Waals surface area (Å²) < 4.78 is 0. The second kappa shape index (κ2) is 8.66. The third-order valence-electron chi connectivity index (χ3n) is 5.77. The molecule has 0 radical (unpaired) electrons. The number of aromatic nitrogens is 1. The van der Waals surface area contributed by atoms with Gasteiger partial charge in [0.1, 0.15) is 5.82 Å². The lowest BCUT2D eigenvalue weighted by Gasteiger charge is -2.17. The van der Waals surface area contributed by atoms with E-state index >= 15 is 0 Å². The van der Waals surface area contributed by atoms with Gasteiger partial charge in [-0.25, -0.2) is 4.98 Å². The van der Waals surface area contributed by atoms with E-state index in [1.165, 1.54) is 22.3 Å². The van der Waals surface area contributed by atoms with Crippen molar-refractivity contribution in [2.24, 2.45) is 0 Å². The molecule has 0 saturated heterocycles. The summed E-state index contributed by atoms with van der Waals surface area (Å²) in [5, 5.41) is 2.78. The van der Waals surface area contributed by atoms with Crippen LogP contribution in [-0.2, 0) is 16.0 Å². The number of pyridine rings is 1. The van der Waals surface area contributed by atoms with E-state index in [-0.39, 0.29) is 11.8 Å². The summed E-state index contributed by atoms with van der Waals surface area (Å²) in [7, 11) is 0. The zero-order chi connectivity index (χ0) is 21.1. The number of carbonyl (C=O) groups excluding carboxylic acids is 2. The van der Waals surface area contributed by atoms with E-state index in [0.29, 0.717) is 25.2 Å². The van der Waals surface area contributed by atoms with Crippen molar-refractivity contribution in [1.29, 1.82) is 0 Å². The highest BCUT2D eigenvalue weighted by Crippen LogP contribution is 2.27. The normalized spacial score (nSPS) is 16.7. The Morgan fingerprint density at radius 1 is 1.17 bits per heavy atom. The van der Waals surface area contributed by atoms with Gasteiger partial charge in [-0.05, 0) is 73.1 Å². The predicted octanol–water partition coefficient (Wildman–Crippen LogP) is 4.30. The Kier molecular flexibility index (Phi) is 5.79. The Morgan fingerprint density at radius 2 is 2.03 bits per heavy atom. The van der Waals surface area contributed by atoms with Crippen molar-refractivity contribution in [3.63, 3.8) is 0 Å². The molecule has 5 heteroatoms. The predicted molar refractivity (Wildman–Crippen MR) is 120 cm³/mol. The van der Waals surface area contributed by atoms with Crippen LogP contribution in [-0.4, -0.2) is 34.8 Å². The molecule has 0 aliphatic carbocycles. The number of nitrogens with zero attached hydrogens (tertiary/aromatic N) is 2. The van der Waals surface area contributed by atoms with Crippen molar-refractivity contribution >= 4 is 29.3 Å². The van der Waals surface area contributed by atoms with Crippen molar-refractivity contribution in [3.05, 3.63) is 70.4 Å². The molecule has 0 saturated carbocycles. The van der Waals surface area contributed by atoms with Crippen LogP contribution in [0.2, 0.25) is 0 Å². The third kappa shape index (κ3) is 4.51. The molecule has 5 nitrogen and oxygen atoms in total. The summed E-state index contributed by atoms with van der Waals surface area (Å²) in [5.74, 6) is 0.647. The minimum absolute atomic E-state index is 0.00270. The van der Waals surface area contributed by atoms with E-state index in [9.17, 15) is 9.59 Å². The first-order chi connectivity index (χ1) is 14.5. The summed E-state index contributed by atoms with van der Waals surface area (Å²) in [6.07, 6.45) is 10.4. The van der Waals surface area contributed by atoms with Crippen LogP contribution in [0.3, 0.4) is 0 Å². The maximum atomic E-state index is 12.8. The molecule has 0 bridgehead atoms. The Balaban J connectivity index is 1.44. The number of rotatable bonds is 3. The van der Waals surface area contributed by atoms with Crippen molar-refractivity contribution < 1.29 is 9.59 Å². The Morgan fingerprint density at radius 3 is 2.90 bits per heavy atom. The molecule has 30 heavy (non-hydrogen) atoms. The quantitative estimate of drug-likeness (QED) is 0.780. The van der Waals surface area contributed by atoms with Crippen LogP contribution in [0, 0.1) is 13.8 Å². The Hall–Kier alpha value is -3.21. The second-order valence-electron chi connectivity index (χ2n) is 8.09. The molecular formula is C25H27N3O2. The summed E-state index contributed by atoms with van der Waals surface area (Å²) in [4.78, 5) is 30.4. The average molecular weight is 402 g/mol. The van der Waals surface area contributed by atoms with Gasteiger partial charge in [-0.15, -0.1) is 0 Å². The number of hydrogen-bond acceptors (Lipinski definition) is 3. The van der Waals surface area contributed by atoms with Crippen LogP contribution >= 0.6 is 0 Å². The SMILES string of the molecule is Cc1ccc(C)c(C2=CCN(C(=O)/C=C/c3cnc4c(c3)CCC(=O)N4)CCC2)c1. The van der Waals surface area contributed by atoms with Crippen molar-refractivity contribution in [3.8, 4) is 0 Å². The molecule has 154 valence electrons. The highest BCUT2D eigenvalue weighted by molar-refractivity contribution is 5.94. The molecule has 2 aliphatic heterocycles. The first-order valence-corrected chi connectivity index (χ1v) is 10.5. The van der Waals surface area contributed by atoms with E-state index in [0.717, 1.165) is 30.5 Å². The standard InChI is InChI=1S/C25H27N3O2/c1-17-5-6-18(2)22(14-17)20-4-3-12-28(13-11-20)24(30)10-7-19-15-21-8-9-23(29)27-25(21)26-16-19/h5-7,10-11,14-16H,3-4,8-9,12-13H2,1-2H3,(H,26,27,29)/b10-7+. The molecule has 2 aromatic rings. The molecule has 0 fully saturated rings. The second-order valence-corrected chi connectivity index (χ2v) is 8.09. The molecule has 0 unspecified atom stereocenters. The van der Waals surface area contributed by atoms with E-state index in [1.54, 1.807) is 12.3 Å². The molecule has 1 N–H and O–H groups in total. The van der Waals surface area contributed by atoms with Gasteiger partial charge in [-0.2, -0.15) is 0 Å². The van der Waals surface area contributed by atoms with Gasteiger partial charge in [0.15, 0.2) is 0 Å². The smallest absolute Gasteiger partial charge is 0.246 e. The Labute approximate surface area is 177 Å². The number of hydrogen-bond donors (Lipinski definition) is 1. The fourth-order valence-electron chi connectivity index (χ4n) is 4.04. The van der Waals surface area contributed by atoms with Crippen LogP contribution in [0.5, 0.6) is 0 Å². The highest BCUT2D eigenvalue weighted by Gasteiger charge is 2.17. The third-order valence-corrected chi connectivity index (χ3v) is 5.77. The molecule has 2 amide bonds. The number of carbonyl (C=O) groups is 2. The molecule has 1 aromatic heterocycles. The van der Waals surface area contributed by atoms with Gasteiger partial charge < -0.3 is 10.2 Å². The summed E-state index contributed by atoms with van der Waals surface area (Å²) >= 11 is 0. The largest absolute Gasteiger partial charge is 0.335 e. The van der Waals surface area contributed by atoms with Crippen molar-refractivity contribution in [1.82, 2.24) is 9.88 Å². The lowest BCUT2D eigenvalue weighted by atomic mass is 9.95. The molecule has 0 atom stereocenters. The molecule has 1 aromatic carbocycles. The maximum absolute atomic E-state index is 12.8. The van der Waals surface area contributed by atoms with Crippen molar-refractivity contribution in [2.75, 3.05) is 18.4 Å². The minimum atomic E-state index is 0.00270. The first-order valence-electron chi connectivity index (χ1n) is 10.5. The van der Waals surface area contributed by atoms with Crippen LogP contribution < -0.4 is 5.32 Å². The zero-order valence-corrected chi connectivity index (χ0v) is 17.6. The van der Waals surface area contributed by atoms with Crippen LogP contribution in [0.4, 0.5) is 5.82 Å². The minimum Gasteiger partial charge on any atom is -0.335 e. The van der Waals surface area contributed by atoms with Gasteiger partial charge >= 0.3 is 0 Å². The lowest BCUT2D eigenvalue weighted by Crippen LogP contribution is -2.29. The molecule has 3 heterocycles. The van der Waals surface area contributed by atoms with Crippen LogP contribution in [0.25, 0.3) is 11.6 Å². The van der Waals surface area contributed by atoms with E-state index in [1.807, 2.05) is 17.0 Å². The van der Waals surface area contributed by atoms with E-state index in [2.05, 4.69) is 48.4 Å². The Bertz CT molecular complexity index is 1050. The number of fused-ring (bicyclic) bond motifs is 1. The van der Waals surface area contributed by atoms with E-state index in [4.69, 9.17) is 0 Å². The van der Waals surface area contributed by atoms with Gasteiger partial charge in [-0.1, -0.05) is 29.8 Å². The number of allylic oxidation sites excluding steroid dienone is 1. The van der Waals surface area contributed by atoms with Crippen molar-refractivity contribution in [2.45, 2.75) is 39.5 Å². The van der Waals surface area contributed by atoms with E-state index < -0.39 is 0 Å². The van der Waals surface area contributed by atoms with Gasteiger partial charge in [0, 0.05) is 31.8 Å². The summed E-state index contributed by atoms with van der Waals surface area (Å²) in [6, 6.07) is 8.54. The van der Waals surface area contributed by atoms with Gasteiger partial charge in [0.2, 0.25) is 11.8 Å². The molecule has 0 spiro atoms. The fourth-order valence-corrected chi connectivity index (χ4v) is 4.04. The van der Waals surface area contributed by atoms with Gasteiger partial charge in [0.25, 0.3) is 0 Å². The van der Waals surface area contributed by atoms with Crippen LogP contribution in [0.15, 0.2) is 42.6 Å². The first kappa shape index (κ1) is 20.1. The fraction of sp³-hybridized carbons (Fsp3) is 0.320. The lowest BCUT2D eigenvalue weighted by molar-refractivity contribution is -0.125. The number of anilines is 1. The maximum Gasteiger partial charge on any atom is 0.246 e. The average Bonchev–Trinajstić information content (AvgIpc) is 3.00. The topological polar surface area (TPSA) is 62.3 Å². The number of benzene rings is 1. The monoisotopic (exact) mass is 401 g/mol. The van der Waals surface area contributed by atoms with Gasteiger partial charge in [0.05, 0.1) is 0 Å². The molecular weight excluding hydrogens is 374 g/mol. The van der Waals surface area contributed by atoms with Crippen LogP contribution in [0.1, 0.15) is 47.1 Å². The number of aryl methyl sites for hydroxylation is 3. The molecule has 2 aliphatic rings. The molecule has 4 rings (SSSR count). The van der Waals surface area contributed by atoms with Gasteiger partial charge in [-0.3, -0.25) is 9.59 Å². The highest BCUT2D eigenvalue weighted by atomic mass is 16.2. The zero-order valence-electron chi connectivity index (χ0n) is 17.6. The summed E-state index contributed by atoms with van der Waals surface area (Å²) in [6.45, 7) is 5.64.